The van der Waals surface area contributed by atoms with Gasteiger partial charge in [-0.1, -0.05) is 0 Å². The van der Waals surface area contributed by atoms with Gasteiger partial charge in [0, 0.05) is 37.4 Å². The van der Waals surface area contributed by atoms with Gasteiger partial charge in [-0.2, -0.15) is 11.8 Å². The van der Waals surface area contributed by atoms with Crippen LogP contribution in [0.4, 0.5) is 0 Å². The first-order chi connectivity index (χ1) is 9.02. The molecule has 0 aliphatic carbocycles. The molecule has 1 heterocycles. The fourth-order valence-corrected chi connectivity index (χ4v) is 2.35. The van der Waals surface area contributed by atoms with Crippen molar-refractivity contribution in [2.24, 2.45) is 10.9 Å². The van der Waals surface area contributed by atoms with Crippen molar-refractivity contribution >= 4 is 17.7 Å². The van der Waals surface area contributed by atoms with Gasteiger partial charge < -0.3 is 15.0 Å². The maximum atomic E-state index is 5.26. The Labute approximate surface area is 122 Å². The summed E-state index contributed by atoms with van der Waals surface area (Å²) in [6.07, 6.45) is 3.34. The Balaban J connectivity index is 2.60. The van der Waals surface area contributed by atoms with Gasteiger partial charge >= 0.3 is 0 Å². The van der Waals surface area contributed by atoms with Crippen LogP contribution in [0.3, 0.4) is 0 Å². The highest BCUT2D eigenvalue weighted by molar-refractivity contribution is 7.99. The summed E-state index contributed by atoms with van der Waals surface area (Å²) in [5.74, 6) is 1.70. The molecule has 1 saturated heterocycles. The summed E-state index contributed by atoms with van der Waals surface area (Å²) >= 11 is 1.86. The molecule has 0 bridgehead atoms. The lowest BCUT2D eigenvalue weighted by Gasteiger charge is -2.24. The third-order valence-electron chi connectivity index (χ3n) is 3.48. The van der Waals surface area contributed by atoms with Crippen molar-refractivity contribution in [3.63, 3.8) is 0 Å². The zero-order valence-electron chi connectivity index (χ0n) is 13.0. The minimum absolute atomic E-state index is 0.201. The van der Waals surface area contributed by atoms with E-state index < -0.39 is 0 Å². The van der Waals surface area contributed by atoms with Gasteiger partial charge in [-0.15, -0.1) is 0 Å². The van der Waals surface area contributed by atoms with Crippen LogP contribution in [0.2, 0.25) is 0 Å². The van der Waals surface area contributed by atoms with Gasteiger partial charge in [0.05, 0.1) is 13.2 Å². The van der Waals surface area contributed by atoms with E-state index in [0.29, 0.717) is 5.92 Å². The molecular formula is C14H29N3OS. The largest absolute Gasteiger partial charge is 0.384 e. The Bertz CT molecular complexity index is 294. The van der Waals surface area contributed by atoms with Crippen LogP contribution >= 0.6 is 11.8 Å². The van der Waals surface area contributed by atoms with Crippen molar-refractivity contribution in [1.29, 1.82) is 0 Å². The molecule has 5 heteroatoms. The molecule has 1 unspecified atom stereocenters. The molecule has 19 heavy (non-hydrogen) atoms. The monoisotopic (exact) mass is 287 g/mol. The first kappa shape index (κ1) is 16.6. The number of nitrogens with one attached hydrogen (secondary N) is 1. The number of guanidine groups is 1. The number of aliphatic imine (C=N–C) groups is 1. The highest BCUT2D eigenvalue weighted by Gasteiger charge is 2.25. The molecule has 0 saturated carbocycles. The topological polar surface area (TPSA) is 36.9 Å². The van der Waals surface area contributed by atoms with Crippen molar-refractivity contribution in [2.75, 3.05) is 46.2 Å². The Hall–Kier alpha value is -0.420. The maximum absolute atomic E-state index is 5.26. The lowest BCUT2D eigenvalue weighted by molar-refractivity contribution is 0.157. The first-order valence-electron chi connectivity index (χ1n) is 7.09. The molecule has 0 aromatic rings. The van der Waals surface area contributed by atoms with Gasteiger partial charge in [-0.3, -0.25) is 4.99 Å². The van der Waals surface area contributed by atoms with E-state index in [2.05, 4.69) is 37.2 Å². The van der Waals surface area contributed by atoms with Crippen LogP contribution in [0.25, 0.3) is 0 Å². The molecular weight excluding hydrogens is 258 g/mol. The van der Waals surface area contributed by atoms with Crippen LogP contribution < -0.4 is 5.32 Å². The van der Waals surface area contributed by atoms with E-state index in [1.54, 1.807) is 7.11 Å². The van der Waals surface area contributed by atoms with Crippen LogP contribution in [0.1, 0.15) is 27.2 Å². The van der Waals surface area contributed by atoms with Crippen molar-refractivity contribution in [1.82, 2.24) is 10.2 Å². The minimum atomic E-state index is 0.201. The van der Waals surface area contributed by atoms with E-state index in [9.17, 15) is 0 Å². The van der Waals surface area contributed by atoms with Gasteiger partial charge in [-0.05, 0) is 33.4 Å². The molecule has 0 aromatic heterocycles. The van der Waals surface area contributed by atoms with Gasteiger partial charge in [0.15, 0.2) is 5.96 Å². The Kier molecular flexibility index (Phi) is 7.00. The molecule has 0 amide bonds. The summed E-state index contributed by atoms with van der Waals surface area (Å²) in [5.41, 5.74) is 0. The Morgan fingerprint density at radius 3 is 2.84 bits per heavy atom. The van der Waals surface area contributed by atoms with Crippen LogP contribution in [-0.4, -0.2) is 61.8 Å². The third-order valence-corrected chi connectivity index (χ3v) is 4.72. The van der Waals surface area contributed by atoms with Crippen molar-refractivity contribution in [3.05, 3.63) is 0 Å². The van der Waals surface area contributed by atoms with Crippen LogP contribution in [-0.2, 0) is 4.74 Å². The number of nitrogens with zero attached hydrogens (tertiary/aromatic N) is 2. The molecule has 1 aliphatic heterocycles. The highest BCUT2D eigenvalue weighted by atomic mass is 32.2. The predicted molar refractivity (Wildman–Crippen MR) is 85.1 cm³/mol. The van der Waals surface area contributed by atoms with Gasteiger partial charge in [0.2, 0.25) is 0 Å². The number of methoxy groups -OCH3 is 1. The molecule has 112 valence electrons. The van der Waals surface area contributed by atoms with E-state index >= 15 is 0 Å². The number of likely N-dealkylation sites (tertiary alicyclic amines) is 1. The average Bonchev–Trinajstić information content (AvgIpc) is 2.83. The Morgan fingerprint density at radius 1 is 1.53 bits per heavy atom. The summed E-state index contributed by atoms with van der Waals surface area (Å²) in [6, 6.07) is 0. The summed E-state index contributed by atoms with van der Waals surface area (Å²) in [4.78, 5) is 7.17. The molecule has 1 aliphatic rings. The second-order valence-corrected chi connectivity index (χ2v) is 7.20. The fourth-order valence-electron chi connectivity index (χ4n) is 2.15. The van der Waals surface area contributed by atoms with E-state index in [-0.39, 0.29) is 4.75 Å². The number of thioether (sulfide) groups is 1. The van der Waals surface area contributed by atoms with Crippen molar-refractivity contribution in [3.8, 4) is 0 Å². The van der Waals surface area contributed by atoms with E-state index in [4.69, 9.17) is 9.73 Å². The van der Waals surface area contributed by atoms with E-state index in [1.807, 2.05) is 11.8 Å². The number of hydrogen-bond acceptors (Lipinski definition) is 3. The zero-order valence-corrected chi connectivity index (χ0v) is 13.8. The molecule has 1 fully saturated rings. The molecule has 1 N–H and O–H groups in total. The second kappa shape index (κ2) is 8.00. The quantitative estimate of drug-likeness (QED) is 0.599. The van der Waals surface area contributed by atoms with Crippen LogP contribution in [0, 0.1) is 5.92 Å². The first-order valence-corrected chi connectivity index (χ1v) is 8.32. The number of ether oxygens (including phenoxy) is 1. The molecule has 1 atom stereocenters. The highest BCUT2D eigenvalue weighted by Crippen LogP contribution is 2.22. The molecule has 0 aromatic carbocycles. The van der Waals surface area contributed by atoms with Crippen LogP contribution in [0.15, 0.2) is 4.99 Å². The lowest BCUT2D eigenvalue weighted by Crippen LogP contribution is -2.41. The molecule has 4 nitrogen and oxygen atoms in total. The summed E-state index contributed by atoms with van der Waals surface area (Å²) in [6.45, 7) is 11.4. The standard InChI is InChI=1S/C14H29N3OS/c1-6-15-13(16-11-14(2,3)19-5)17-8-7-12(9-17)10-18-4/h12H,6-11H2,1-5H3,(H,15,16). The number of rotatable bonds is 6. The normalized spacial score (nSPS) is 21.0. The lowest BCUT2D eigenvalue weighted by atomic mass is 10.1. The SMILES string of the molecule is CCNC(=NCC(C)(C)SC)N1CCC(COC)C1. The van der Waals surface area contributed by atoms with Gasteiger partial charge in [-0.25, -0.2) is 0 Å². The second-order valence-electron chi connectivity index (χ2n) is 5.69. The number of hydrogen-bond donors (Lipinski definition) is 1. The maximum Gasteiger partial charge on any atom is 0.193 e. The summed E-state index contributed by atoms with van der Waals surface area (Å²) < 4.78 is 5.46. The van der Waals surface area contributed by atoms with E-state index in [0.717, 1.165) is 38.7 Å². The molecule has 1 rings (SSSR count). The van der Waals surface area contributed by atoms with Gasteiger partial charge in [0.1, 0.15) is 0 Å². The van der Waals surface area contributed by atoms with Crippen LogP contribution in [0.5, 0.6) is 0 Å². The molecule has 0 spiro atoms. The molecule has 0 radical (unpaired) electrons. The van der Waals surface area contributed by atoms with Crippen molar-refractivity contribution < 1.29 is 4.74 Å². The zero-order chi connectivity index (χ0) is 14.3. The fraction of sp³-hybridized carbons (Fsp3) is 0.929. The smallest absolute Gasteiger partial charge is 0.193 e. The van der Waals surface area contributed by atoms with E-state index in [1.165, 1.54) is 6.42 Å². The third kappa shape index (κ3) is 5.61. The minimum Gasteiger partial charge on any atom is -0.384 e. The summed E-state index contributed by atoms with van der Waals surface area (Å²) in [7, 11) is 1.78. The predicted octanol–water partition coefficient (Wildman–Crippen LogP) is 2.06. The van der Waals surface area contributed by atoms with Crippen molar-refractivity contribution in [2.45, 2.75) is 31.9 Å². The summed E-state index contributed by atoms with van der Waals surface area (Å²) in [5, 5.41) is 3.41. The average molecular weight is 287 g/mol. The van der Waals surface area contributed by atoms with Gasteiger partial charge in [0.25, 0.3) is 0 Å². The Morgan fingerprint density at radius 2 is 2.26 bits per heavy atom.